The summed E-state index contributed by atoms with van der Waals surface area (Å²) in [5, 5.41) is 7.11. The fraction of sp³-hybridized carbons (Fsp3) is 0.407. The molecule has 0 bridgehead atoms. The molecule has 1 saturated heterocycles. The van der Waals surface area contributed by atoms with E-state index in [0.29, 0.717) is 46.7 Å². The van der Waals surface area contributed by atoms with Gasteiger partial charge in [-0.3, -0.25) is 9.78 Å². The van der Waals surface area contributed by atoms with Gasteiger partial charge >= 0.3 is 0 Å². The monoisotopic (exact) mass is 523 g/mol. The number of anilines is 2. The van der Waals surface area contributed by atoms with Crippen LogP contribution in [0.5, 0.6) is 11.5 Å². The number of para-hydroxylation sites is 1. The molecule has 1 aromatic carbocycles. The normalized spacial score (nSPS) is 22.9. The summed E-state index contributed by atoms with van der Waals surface area (Å²) in [5.74, 6) is 1.27. The number of pyridine rings is 1. The molecule has 4 heterocycles. The number of amides is 1. The third-order valence-electron chi connectivity index (χ3n) is 7.47. The number of ether oxygens (including phenoxy) is 3. The number of hydrogen-bond acceptors (Lipinski definition) is 7. The number of carbonyl (C=O) groups excluding carboxylic acids is 1. The van der Waals surface area contributed by atoms with Crippen LogP contribution in [0, 0.1) is 0 Å². The molecule has 194 valence electrons. The fourth-order valence-corrected chi connectivity index (χ4v) is 5.67. The van der Waals surface area contributed by atoms with Gasteiger partial charge in [-0.05, 0) is 38.1 Å². The zero-order chi connectivity index (χ0) is 25.5. The van der Waals surface area contributed by atoms with Gasteiger partial charge in [0, 0.05) is 42.5 Å². The molecule has 0 radical (unpaired) electrons. The molecule has 1 saturated carbocycles. The van der Waals surface area contributed by atoms with Crippen LogP contribution in [0.15, 0.2) is 36.7 Å². The summed E-state index contributed by atoms with van der Waals surface area (Å²) in [6.07, 6.45) is 5.40. The number of nitrogens with zero attached hydrogens (tertiary/aromatic N) is 2. The molecule has 0 spiro atoms. The first-order valence-corrected chi connectivity index (χ1v) is 12.9. The summed E-state index contributed by atoms with van der Waals surface area (Å²) in [4.78, 5) is 23.4. The molecule has 2 aromatic heterocycles. The van der Waals surface area contributed by atoms with Gasteiger partial charge in [-0.2, -0.15) is 0 Å². The van der Waals surface area contributed by atoms with Crippen LogP contribution < -0.4 is 20.1 Å². The van der Waals surface area contributed by atoms with E-state index in [1.807, 2.05) is 18.2 Å². The lowest BCUT2D eigenvalue weighted by Crippen LogP contribution is -2.49. The number of methoxy groups -OCH3 is 1. The van der Waals surface area contributed by atoms with E-state index in [0.717, 1.165) is 42.9 Å². The Hall–Kier alpha value is -3.27. The molecule has 37 heavy (non-hydrogen) atoms. The smallest absolute Gasteiger partial charge is 0.255 e. The molecule has 1 amide bonds. The predicted octanol–water partition coefficient (Wildman–Crippen LogP) is 4.18. The summed E-state index contributed by atoms with van der Waals surface area (Å²) in [6, 6.07) is 7.55. The number of hydrogen-bond donors (Lipinski definition) is 3. The van der Waals surface area contributed by atoms with Gasteiger partial charge in [0.2, 0.25) is 0 Å². The SMILES string of the molecule is COc1c(Cl)cccc1Nc1c(-c2ccncc2OCC2CN(C)CCO2)[nH]c2c1C(=O)NC1CCC21. The van der Waals surface area contributed by atoms with Gasteiger partial charge in [-0.25, -0.2) is 0 Å². The highest BCUT2D eigenvalue weighted by molar-refractivity contribution is 6.32. The van der Waals surface area contributed by atoms with E-state index in [9.17, 15) is 4.79 Å². The summed E-state index contributed by atoms with van der Waals surface area (Å²) in [5.41, 5.74) is 4.44. The zero-order valence-electron chi connectivity index (χ0n) is 20.8. The van der Waals surface area contributed by atoms with Crippen LogP contribution in [0.1, 0.15) is 34.8 Å². The number of aromatic amines is 1. The standard InChI is InChI=1S/C27H30ClN5O4/c1-33-10-11-36-15(13-33)14-37-21-12-29-9-8-17(21)24-25(30-20-5-3-4-18(28)26(20)35-2)22-23(32-24)16-6-7-19(16)31-27(22)34/h3-5,8-9,12,15-16,19,30,32H,6-7,10-11,13-14H2,1-2H3,(H,31,34). The number of halogens is 1. The van der Waals surface area contributed by atoms with Crippen molar-refractivity contribution in [3.8, 4) is 22.8 Å². The second-order valence-corrected chi connectivity index (χ2v) is 10.2. The minimum absolute atomic E-state index is 0.0292. The van der Waals surface area contributed by atoms with Gasteiger partial charge in [-0.15, -0.1) is 0 Å². The largest absolute Gasteiger partial charge is 0.493 e. The summed E-state index contributed by atoms with van der Waals surface area (Å²) in [6.45, 7) is 2.80. The zero-order valence-corrected chi connectivity index (χ0v) is 21.6. The van der Waals surface area contributed by atoms with Crippen LogP contribution in [0.2, 0.25) is 5.02 Å². The Bertz CT molecular complexity index is 1330. The van der Waals surface area contributed by atoms with Gasteiger partial charge in [-0.1, -0.05) is 17.7 Å². The van der Waals surface area contributed by atoms with Gasteiger partial charge in [0.15, 0.2) is 5.75 Å². The first-order chi connectivity index (χ1) is 18.0. The van der Waals surface area contributed by atoms with Crippen LogP contribution in [0.3, 0.4) is 0 Å². The highest BCUT2D eigenvalue weighted by atomic mass is 35.5. The molecule has 1 aliphatic carbocycles. The number of H-pyrrole nitrogens is 1. The Morgan fingerprint density at radius 1 is 1.30 bits per heavy atom. The van der Waals surface area contributed by atoms with E-state index in [1.165, 1.54) is 0 Å². The number of carbonyl (C=O) groups is 1. The van der Waals surface area contributed by atoms with E-state index in [1.54, 1.807) is 25.6 Å². The number of aromatic nitrogens is 2. The number of morpholine rings is 1. The van der Waals surface area contributed by atoms with Crippen molar-refractivity contribution in [1.29, 1.82) is 0 Å². The highest BCUT2D eigenvalue weighted by Crippen LogP contribution is 2.49. The predicted molar refractivity (Wildman–Crippen MR) is 141 cm³/mol. The molecule has 3 aliphatic rings. The molecular weight excluding hydrogens is 494 g/mol. The number of nitrogens with one attached hydrogen (secondary N) is 3. The first kappa shape index (κ1) is 24.1. The maximum absolute atomic E-state index is 13.3. The van der Waals surface area contributed by atoms with E-state index in [-0.39, 0.29) is 24.0 Å². The lowest BCUT2D eigenvalue weighted by Gasteiger charge is -2.40. The lowest BCUT2D eigenvalue weighted by atomic mass is 9.74. The minimum Gasteiger partial charge on any atom is -0.493 e. The second kappa shape index (κ2) is 9.89. The van der Waals surface area contributed by atoms with E-state index >= 15 is 0 Å². The van der Waals surface area contributed by atoms with Crippen LogP contribution in [-0.2, 0) is 4.74 Å². The Balaban J connectivity index is 1.41. The molecule has 2 aliphatic heterocycles. The first-order valence-electron chi connectivity index (χ1n) is 12.6. The number of rotatable bonds is 7. The molecule has 6 rings (SSSR count). The van der Waals surface area contributed by atoms with Gasteiger partial charge < -0.3 is 34.7 Å². The van der Waals surface area contributed by atoms with Crippen molar-refractivity contribution < 1.29 is 19.0 Å². The quantitative estimate of drug-likeness (QED) is 0.427. The van der Waals surface area contributed by atoms with Gasteiger partial charge in [0.1, 0.15) is 18.5 Å². The van der Waals surface area contributed by atoms with Crippen molar-refractivity contribution in [3.05, 3.63) is 52.9 Å². The van der Waals surface area contributed by atoms with Gasteiger partial charge in [0.05, 0.1) is 47.6 Å². The van der Waals surface area contributed by atoms with Crippen LogP contribution in [-0.4, -0.2) is 73.4 Å². The molecule has 3 N–H and O–H groups in total. The average Bonchev–Trinajstić information content (AvgIpc) is 3.23. The van der Waals surface area contributed by atoms with Crippen molar-refractivity contribution in [3.63, 3.8) is 0 Å². The Kier molecular flexibility index (Phi) is 6.44. The highest BCUT2D eigenvalue weighted by Gasteiger charge is 2.43. The van der Waals surface area contributed by atoms with Gasteiger partial charge in [0.25, 0.3) is 5.91 Å². The maximum Gasteiger partial charge on any atom is 0.255 e. The molecule has 3 aromatic rings. The third-order valence-corrected chi connectivity index (χ3v) is 7.77. The number of fused-ring (bicyclic) bond motifs is 3. The van der Waals surface area contributed by atoms with Crippen LogP contribution >= 0.6 is 11.6 Å². The molecule has 3 unspecified atom stereocenters. The third kappa shape index (κ3) is 4.41. The van der Waals surface area contributed by atoms with Crippen molar-refractivity contribution in [2.45, 2.75) is 30.9 Å². The number of likely N-dealkylation sites (N-methyl/N-ethyl adjacent to an activating group) is 1. The second-order valence-electron chi connectivity index (χ2n) is 9.81. The molecule has 9 nitrogen and oxygen atoms in total. The molecular formula is C27H30ClN5O4. The van der Waals surface area contributed by atoms with Crippen LogP contribution in [0.25, 0.3) is 11.3 Å². The summed E-state index contributed by atoms with van der Waals surface area (Å²) < 4.78 is 17.7. The molecule has 2 fully saturated rings. The summed E-state index contributed by atoms with van der Waals surface area (Å²) in [7, 11) is 3.65. The Morgan fingerprint density at radius 2 is 2.19 bits per heavy atom. The summed E-state index contributed by atoms with van der Waals surface area (Å²) >= 11 is 6.40. The minimum atomic E-state index is -0.0999. The lowest BCUT2D eigenvalue weighted by molar-refractivity contribution is -0.0403. The maximum atomic E-state index is 13.3. The Morgan fingerprint density at radius 3 is 2.97 bits per heavy atom. The molecule has 10 heteroatoms. The van der Waals surface area contributed by atoms with Crippen molar-refractivity contribution in [2.24, 2.45) is 0 Å². The van der Waals surface area contributed by atoms with Crippen LogP contribution in [0.4, 0.5) is 11.4 Å². The van der Waals surface area contributed by atoms with Crippen molar-refractivity contribution in [2.75, 3.05) is 45.8 Å². The van der Waals surface area contributed by atoms with Crippen molar-refractivity contribution in [1.82, 2.24) is 20.2 Å². The van der Waals surface area contributed by atoms with E-state index < -0.39 is 0 Å². The number of benzene rings is 1. The topological polar surface area (TPSA) is 101 Å². The average molecular weight is 524 g/mol. The van der Waals surface area contributed by atoms with E-state index in [2.05, 4.69) is 32.5 Å². The Labute approximate surface area is 220 Å². The fourth-order valence-electron chi connectivity index (χ4n) is 5.42. The van der Waals surface area contributed by atoms with Crippen molar-refractivity contribution >= 4 is 28.9 Å². The molecule has 3 atom stereocenters. The van der Waals surface area contributed by atoms with E-state index in [4.69, 9.17) is 25.8 Å².